The van der Waals surface area contributed by atoms with Gasteiger partial charge in [0.1, 0.15) is 4.60 Å². The molecule has 1 unspecified atom stereocenters. The Bertz CT molecular complexity index is 552. The molecule has 0 aromatic carbocycles. The minimum Gasteiger partial charge on any atom is -0.394 e. The van der Waals surface area contributed by atoms with Crippen LogP contribution in [0.3, 0.4) is 0 Å². The Morgan fingerprint density at radius 2 is 2.30 bits per heavy atom. The summed E-state index contributed by atoms with van der Waals surface area (Å²) in [6.07, 6.45) is 4.66. The SMILES string of the molecule is CCC(C)CCc1nc(-c2cnn(CCO)c2Br)no1. The van der Waals surface area contributed by atoms with Crippen molar-refractivity contribution < 1.29 is 9.63 Å². The van der Waals surface area contributed by atoms with Crippen LogP contribution in [0.5, 0.6) is 0 Å². The third kappa shape index (κ3) is 3.46. The highest BCUT2D eigenvalue weighted by atomic mass is 79.9. The molecule has 2 rings (SSSR count). The smallest absolute Gasteiger partial charge is 0.226 e. The Morgan fingerprint density at radius 3 is 3.00 bits per heavy atom. The van der Waals surface area contributed by atoms with E-state index in [9.17, 15) is 0 Å². The van der Waals surface area contributed by atoms with Crippen molar-refractivity contribution in [3.63, 3.8) is 0 Å². The Balaban J connectivity index is 2.08. The topological polar surface area (TPSA) is 77.0 Å². The molecule has 6 nitrogen and oxygen atoms in total. The van der Waals surface area contributed by atoms with Crippen LogP contribution in [0, 0.1) is 5.92 Å². The molecule has 0 bridgehead atoms. The van der Waals surface area contributed by atoms with Crippen molar-refractivity contribution in [3.05, 3.63) is 16.7 Å². The molecule has 0 aliphatic carbocycles. The van der Waals surface area contributed by atoms with Gasteiger partial charge in [-0.25, -0.2) is 0 Å². The van der Waals surface area contributed by atoms with E-state index in [0.29, 0.717) is 24.2 Å². The summed E-state index contributed by atoms with van der Waals surface area (Å²) in [6, 6.07) is 0. The van der Waals surface area contributed by atoms with Crippen LogP contribution >= 0.6 is 15.9 Å². The minimum absolute atomic E-state index is 0.0338. The third-order valence-corrected chi connectivity index (χ3v) is 4.18. The first-order valence-corrected chi connectivity index (χ1v) is 7.60. The number of halogens is 1. The maximum Gasteiger partial charge on any atom is 0.226 e. The van der Waals surface area contributed by atoms with Gasteiger partial charge >= 0.3 is 0 Å². The van der Waals surface area contributed by atoms with Crippen molar-refractivity contribution in [2.75, 3.05) is 6.61 Å². The van der Waals surface area contributed by atoms with Gasteiger partial charge in [-0.15, -0.1) is 0 Å². The molecule has 0 saturated heterocycles. The maximum atomic E-state index is 8.94. The number of hydrogen-bond donors (Lipinski definition) is 1. The number of aliphatic hydroxyl groups is 1. The average Bonchev–Trinajstić information content (AvgIpc) is 3.04. The molecular weight excluding hydrogens is 324 g/mol. The predicted molar refractivity (Wildman–Crippen MR) is 78.1 cm³/mol. The fraction of sp³-hybridized carbons (Fsp3) is 0.615. The number of nitrogens with zero attached hydrogens (tertiary/aromatic N) is 4. The molecule has 0 spiro atoms. The van der Waals surface area contributed by atoms with Gasteiger partial charge in [0.15, 0.2) is 0 Å². The van der Waals surface area contributed by atoms with E-state index in [1.807, 2.05) is 0 Å². The van der Waals surface area contributed by atoms with Gasteiger partial charge in [-0.1, -0.05) is 25.4 Å². The molecule has 0 radical (unpaired) electrons. The lowest BCUT2D eigenvalue weighted by atomic mass is 10.0. The molecule has 1 atom stereocenters. The fourth-order valence-electron chi connectivity index (χ4n) is 1.81. The lowest BCUT2D eigenvalue weighted by molar-refractivity contribution is 0.268. The van der Waals surface area contributed by atoms with Gasteiger partial charge in [0.25, 0.3) is 0 Å². The van der Waals surface area contributed by atoms with Crippen LogP contribution in [0.4, 0.5) is 0 Å². The zero-order valence-corrected chi connectivity index (χ0v) is 13.3. The molecule has 0 fully saturated rings. The van der Waals surface area contributed by atoms with Crippen molar-refractivity contribution in [1.29, 1.82) is 0 Å². The zero-order chi connectivity index (χ0) is 14.5. The Labute approximate surface area is 126 Å². The van der Waals surface area contributed by atoms with Crippen molar-refractivity contribution in [1.82, 2.24) is 19.9 Å². The Kier molecular flexibility index (Phi) is 5.31. The highest BCUT2D eigenvalue weighted by Crippen LogP contribution is 2.26. The molecule has 2 aromatic heterocycles. The van der Waals surface area contributed by atoms with Crippen LogP contribution in [0.25, 0.3) is 11.4 Å². The second-order valence-electron chi connectivity index (χ2n) is 4.86. The molecule has 7 heteroatoms. The molecule has 20 heavy (non-hydrogen) atoms. The second-order valence-corrected chi connectivity index (χ2v) is 5.61. The molecule has 2 aromatic rings. The van der Waals surface area contributed by atoms with E-state index in [0.717, 1.165) is 29.4 Å². The van der Waals surface area contributed by atoms with Crippen LogP contribution in [-0.4, -0.2) is 31.6 Å². The molecule has 0 saturated carbocycles. The third-order valence-electron chi connectivity index (χ3n) is 3.34. The average molecular weight is 343 g/mol. The van der Waals surface area contributed by atoms with Gasteiger partial charge in [0, 0.05) is 6.42 Å². The first kappa shape index (κ1) is 15.2. The van der Waals surface area contributed by atoms with Gasteiger partial charge < -0.3 is 9.63 Å². The summed E-state index contributed by atoms with van der Waals surface area (Å²) >= 11 is 3.44. The second kappa shape index (κ2) is 6.99. The Hall–Kier alpha value is -1.21. The number of rotatable bonds is 7. The van der Waals surface area contributed by atoms with E-state index in [2.05, 4.69) is 45.0 Å². The first-order chi connectivity index (χ1) is 9.65. The van der Waals surface area contributed by atoms with E-state index in [4.69, 9.17) is 9.63 Å². The predicted octanol–water partition coefficient (Wildman–Crippen LogP) is 2.67. The Morgan fingerprint density at radius 1 is 1.50 bits per heavy atom. The van der Waals surface area contributed by atoms with Crippen LogP contribution in [0.1, 0.15) is 32.6 Å². The van der Waals surface area contributed by atoms with Gasteiger partial charge in [0.2, 0.25) is 11.7 Å². The molecule has 1 N–H and O–H groups in total. The lowest BCUT2D eigenvalue weighted by Crippen LogP contribution is -2.03. The van der Waals surface area contributed by atoms with Gasteiger partial charge in [-0.05, 0) is 28.3 Å². The minimum atomic E-state index is 0.0338. The lowest BCUT2D eigenvalue weighted by Gasteiger charge is -2.03. The molecule has 0 aliphatic heterocycles. The van der Waals surface area contributed by atoms with Gasteiger partial charge in [-0.3, -0.25) is 4.68 Å². The van der Waals surface area contributed by atoms with E-state index in [-0.39, 0.29) is 6.61 Å². The standard InChI is InChI=1S/C13H19BrN4O2/c1-3-9(2)4-5-11-16-13(17-20-11)10-8-15-18(6-7-19)12(10)14/h8-9,19H,3-7H2,1-2H3. The summed E-state index contributed by atoms with van der Waals surface area (Å²) in [5, 5.41) is 17.1. The molecule has 0 aliphatic rings. The molecule has 2 heterocycles. The van der Waals surface area contributed by atoms with Crippen molar-refractivity contribution in [3.8, 4) is 11.4 Å². The first-order valence-electron chi connectivity index (χ1n) is 6.80. The van der Waals surface area contributed by atoms with Crippen molar-refractivity contribution in [2.24, 2.45) is 5.92 Å². The van der Waals surface area contributed by atoms with E-state index < -0.39 is 0 Å². The van der Waals surface area contributed by atoms with E-state index in [1.54, 1.807) is 10.9 Å². The molecule has 110 valence electrons. The monoisotopic (exact) mass is 342 g/mol. The summed E-state index contributed by atoms with van der Waals surface area (Å²) in [5.41, 5.74) is 0.775. The highest BCUT2D eigenvalue weighted by Gasteiger charge is 2.16. The summed E-state index contributed by atoms with van der Waals surface area (Å²) in [7, 11) is 0. The van der Waals surface area contributed by atoms with Crippen LogP contribution in [0.2, 0.25) is 0 Å². The van der Waals surface area contributed by atoms with Gasteiger partial charge in [0.05, 0.1) is 24.9 Å². The number of aryl methyl sites for hydroxylation is 1. The number of aliphatic hydroxyl groups excluding tert-OH is 1. The van der Waals surface area contributed by atoms with Crippen molar-refractivity contribution in [2.45, 2.75) is 39.7 Å². The highest BCUT2D eigenvalue weighted by molar-refractivity contribution is 9.10. The van der Waals surface area contributed by atoms with E-state index in [1.165, 1.54) is 0 Å². The van der Waals surface area contributed by atoms with Crippen LogP contribution in [-0.2, 0) is 13.0 Å². The van der Waals surface area contributed by atoms with E-state index >= 15 is 0 Å². The van der Waals surface area contributed by atoms with Crippen molar-refractivity contribution >= 4 is 15.9 Å². The maximum absolute atomic E-state index is 8.94. The largest absolute Gasteiger partial charge is 0.394 e. The normalized spacial score (nSPS) is 12.8. The summed E-state index contributed by atoms with van der Waals surface area (Å²) in [5.74, 6) is 1.84. The summed E-state index contributed by atoms with van der Waals surface area (Å²) in [6.45, 7) is 4.86. The van der Waals surface area contributed by atoms with Crippen LogP contribution in [0.15, 0.2) is 15.3 Å². The zero-order valence-electron chi connectivity index (χ0n) is 11.7. The summed E-state index contributed by atoms with van der Waals surface area (Å²) < 4.78 is 7.68. The number of hydrogen-bond acceptors (Lipinski definition) is 5. The number of aromatic nitrogens is 4. The molecule has 0 amide bonds. The summed E-state index contributed by atoms with van der Waals surface area (Å²) in [4.78, 5) is 4.40. The molecular formula is C13H19BrN4O2. The fourth-order valence-corrected chi connectivity index (χ4v) is 2.36. The van der Waals surface area contributed by atoms with Gasteiger partial charge in [-0.2, -0.15) is 10.1 Å². The van der Waals surface area contributed by atoms with Crippen LogP contribution < -0.4 is 0 Å². The quantitative estimate of drug-likeness (QED) is 0.836.